The van der Waals surface area contributed by atoms with Gasteiger partial charge in [-0.05, 0) is 6.42 Å². The molecule has 1 heterocycles. The number of amides is 1. The molecule has 0 aromatic carbocycles. The highest BCUT2D eigenvalue weighted by atomic mass is 32.2. The maximum Gasteiger partial charge on any atom is 0.222 e. The van der Waals surface area contributed by atoms with Crippen LogP contribution in [0.1, 0.15) is 12.8 Å². The average molecular weight is 250 g/mol. The summed E-state index contributed by atoms with van der Waals surface area (Å²) in [6, 6.07) is -0.257. The lowest BCUT2D eigenvalue weighted by molar-refractivity contribution is -0.123. The average Bonchev–Trinajstić information content (AvgIpc) is 2.54. The van der Waals surface area contributed by atoms with Gasteiger partial charge in [-0.2, -0.15) is 0 Å². The van der Waals surface area contributed by atoms with Crippen LogP contribution in [-0.4, -0.2) is 51.6 Å². The Kier molecular flexibility index (Phi) is 4.69. The lowest BCUT2D eigenvalue weighted by Gasteiger charge is -2.15. The second-order valence-electron chi connectivity index (χ2n) is 3.97. The Morgan fingerprint density at radius 2 is 2.31 bits per heavy atom. The number of sulfone groups is 1. The van der Waals surface area contributed by atoms with Gasteiger partial charge in [0.1, 0.15) is 0 Å². The van der Waals surface area contributed by atoms with E-state index in [2.05, 4.69) is 5.32 Å². The molecule has 0 bridgehead atoms. The molecular formula is C9H18N2O4S. The van der Waals surface area contributed by atoms with E-state index in [0.29, 0.717) is 6.42 Å². The molecule has 6 nitrogen and oxygen atoms in total. The maximum atomic E-state index is 11.5. The monoisotopic (exact) mass is 250 g/mol. The Hall–Kier alpha value is -0.660. The van der Waals surface area contributed by atoms with E-state index in [1.807, 2.05) is 0 Å². The highest BCUT2D eigenvalue weighted by molar-refractivity contribution is 7.91. The number of nitrogens with two attached hydrogens (primary N) is 1. The second kappa shape index (κ2) is 5.60. The van der Waals surface area contributed by atoms with E-state index in [0.717, 1.165) is 0 Å². The molecule has 2 atom stereocenters. The van der Waals surface area contributed by atoms with Crippen molar-refractivity contribution in [3.8, 4) is 0 Å². The van der Waals surface area contributed by atoms with E-state index in [1.165, 1.54) is 7.11 Å². The molecule has 94 valence electrons. The van der Waals surface area contributed by atoms with Crippen LogP contribution >= 0.6 is 0 Å². The van der Waals surface area contributed by atoms with Gasteiger partial charge in [0.25, 0.3) is 0 Å². The zero-order valence-corrected chi connectivity index (χ0v) is 10.1. The van der Waals surface area contributed by atoms with Crippen molar-refractivity contribution in [1.82, 2.24) is 5.32 Å². The van der Waals surface area contributed by atoms with Crippen LogP contribution in [0, 0.1) is 0 Å². The molecule has 1 saturated heterocycles. The van der Waals surface area contributed by atoms with E-state index in [-0.39, 0.29) is 42.5 Å². The summed E-state index contributed by atoms with van der Waals surface area (Å²) in [4.78, 5) is 11.5. The normalized spacial score (nSPS) is 25.2. The van der Waals surface area contributed by atoms with Crippen LogP contribution in [0.15, 0.2) is 0 Å². The van der Waals surface area contributed by atoms with Gasteiger partial charge in [-0.15, -0.1) is 0 Å². The molecule has 0 aliphatic carbocycles. The maximum absolute atomic E-state index is 11.5. The van der Waals surface area contributed by atoms with E-state index < -0.39 is 9.84 Å². The van der Waals surface area contributed by atoms with Crippen LogP contribution in [0.2, 0.25) is 0 Å². The second-order valence-corrected chi connectivity index (χ2v) is 6.19. The molecule has 2 unspecified atom stereocenters. The molecule has 0 saturated carbocycles. The summed E-state index contributed by atoms with van der Waals surface area (Å²) in [6.07, 6.45) is 0.357. The summed E-state index contributed by atoms with van der Waals surface area (Å²) in [5.41, 5.74) is 5.38. The van der Waals surface area contributed by atoms with Crippen molar-refractivity contribution in [2.24, 2.45) is 5.73 Å². The lowest BCUT2D eigenvalue weighted by atomic mass is 10.2. The van der Waals surface area contributed by atoms with E-state index in [9.17, 15) is 13.2 Å². The molecule has 7 heteroatoms. The minimum absolute atomic E-state index is 0.0407. The third-order valence-electron chi connectivity index (χ3n) is 2.61. The Morgan fingerprint density at radius 3 is 2.75 bits per heavy atom. The minimum atomic E-state index is -2.95. The number of hydrogen-bond donors (Lipinski definition) is 2. The lowest BCUT2D eigenvalue weighted by Crippen LogP contribution is -2.39. The quantitative estimate of drug-likeness (QED) is 0.629. The number of carbonyl (C=O) groups excluding carboxylic acids is 1. The van der Waals surface area contributed by atoms with E-state index >= 15 is 0 Å². The van der Waals surface area contributed by atoms with Crippen molar-refractivity contribution in [3.63, 3.8) is 0 Å². The van der Waals surface area contributed by atoms with Gasteiger partial charge in [0.05, 0.1) is 24.0 Å². The largest absolute Gasteiger partial charge is 0.380 e. The van der Waals surface area contributed by atoms with Gasteiger partial charge in [-0.3, -0.25) is 4.79 Å². The predicted molar refractivity (Wildman–Crippen MR) is 59.7 cm³/mol. The summed E-state index contributed by atoms with van der Waals surface area (Å²) >= 11 is 0. The first-order valence-electron chi connectivity index (χ1n) is 5.19. The van der Waals surface area contributed by atoms with Crippen LogP contribution in [-0.2, 0) is 19.4 Å². The van der Waals surface area contributed by atoms with Gasteiger partial charge in [0, 0.05) is 19.7 Å². The van der Waals surface area contributed by atoms with Crippen LogP contribution in [0.3, 0.4) is 0 Å². The summed E-state index contributed by atoms with van der Waals surface area (Å²) < 4.78 is 27.3. The summed E-state index contributed by atoms with van der Waals surface area (Å²) in [6.45, 7) is 0.271. The first kappa shape index (κ1) is 13.4. The third-order valence-corrected chi connectivity index (χ3v) is 4.37. The molecule has 1 fully saturated rings. The molecule has 1 rings (SSSR count). The van der Waals surface area contributed by atoms with Gasteiger partial charge in [-0.1, -0.05) is 0 Å². The van der Waals surface area contributed by atoms with Gasteiger partial charge in [0.2, 0.25) is 5.91 Å². The van der Waals surface area contributed by atoms with E-state index in [4.69, 9.17) is 10.5 Å². The van der Waals surface area contributed by atoms with Crippen molar-refractivity contribution < 1.29 is 17.9 Å². The standard InChI is InChI=1S/C9H18N2O4S/c1-15-8(5-10)4-9(12)11-7-2-3-16(13,14)6-7/h7-8H,2-6,10H2,1H3,(H,11,12). The van der Waals surface area contributed by atoms with Gasteiger partial charge < -0.3 is 15.8 Å². The highest BCUT2D eigenvalue weighted by Crippen LogP contribution is 2.11. The van der Waals surface area contributed by atoms with Gasteiger partial charge >= 0.3 is 0 Å². The molecule has 0 radical (unpaired) electrons. The molecule has 1 aliphatic rings. The zero-order valence-electron chi connectivity index (χ0n) is 9.31. The van der Waals surface area contributed by atoms with Crippen LogP contribution in [0.5, 0.6) is 0 Å². The molecule has 16 heavy (non-hydrogen) atoms. The van der Waals surface area contributed by atoms with Crippen molar-refractivity contribution in [2.45, 2.75) is 25.0 Å². The zero-order chi connectivity index (χ0) is 12.2. The fourth-order valence-corrected chi connectivity index (χ4v) is 3.34. The van der Waals surface area contributed by atoms with Crippen molar-refractivity contribution >= 4 is 15.7 Å². The fraction of sp³-hybridized carbons (Fsp3) is 0.889. The number of rotatable bonds is 5. The Bertz CT molecular complexity index is 337. The summed E-state index contributed by atoms with van der Waals surface area (Å²) in [5, 5.41) is 2.68. The predicted octanol–water partition coefficient (Wildman–Crippen LogP) is -1.35. The van der Waals surface area contributed by atoms with Gasteiger partial charge in [-0.25, -0.2) is 8.42 Å². The smallest absolute Gasteiger partial charge is 0.222 e. The van der Waals surface area contributed by atoms with Crippen molar-refractivity contribution in [2.75, 3.05) is 25.2 Å². The minimum Gasteiger partial charge on any atom is -0.380 e. The van der Waals surface area contributed by atoms with Crippen molar-refractivity contribution in [3.05, 3.63) is 0 Å². The number of nitrogens with one attached hydrogen (secondary N) is 1. The Labute approximate surface area is 95.4 Å². The Morgan fingerprint density at radius 1 is 1.62 bits per heavy atom. The van der Waals surface area contributed by atoms with Crippen LogP contribution < -0.4 is 11.1 Å². The molecule has 0 spiro atoms. The van der Waals surface area contributed by atoms with Crippen LogP contribution in [0.25, 0.3) is 0 Å². The Balaban J connectivity index is 2.35. The molecule has 0 aromatic rings. The molecule has 0 aromatic heterocycles. The van der Waals surface area contributed by atoms with Crippen LogP contribution in [0.4, 0.5) is 0 Å². The van der Waals surface area contributed by atoms with E-state index in [1.54, 1.807) is 0 Å². The first-order chi connectivity index (χ1) is 7.46. The first-order valence-corrected chi connectivity index (χ1v) is 7.01. The molecule has 3 N–H and O–H groups in total. The number of carbonyl (C=O) groups is 1. The fourth-order valence-electron chi connectivity index (χ4n) is 1.67. The molecule has 1 amide bonds. The number of methoxy groups -OCH3 is 1. The summed E-state index contributed by atoms with van der Waals surface area (Å²) in [5.74, 6) is -0.0129. The SMILES string of the molecule is COC(CN)CC(=O)NC1CCS(=O)(=O)C1. The van der Waals surface area contributed by atoms with Gasteiger partial charge in [0.15, 0.2) is 9.84 Å². The molecular weight excluding hydrogens is 232 g/mol. The third kappa shape index (κ3) is 4.07. The summed E-state index contributed by atoms with van der Waals surface area (Å²) in [7, 11) is -1.46. The molecule has 1 aliphatic heterocycles. The topological polar surface area (TPSA) is 98.5 Å². The highest BCUT2D eigenvalue weighted by Gasteiger charge is 2.29. The number of hydrogen-bond acceptors (Lipinski definition) is 5. The number of ether oxygens (including phenoxy) is 1. The van der Waals surface area contributed by atoms with Crippen molar-refractivity contribution in [1.29, 1.82) is 0 Å².